The van der Waals surface area contributed by atoms with Gasteiger partial charge >= 0.3 is 0 Å². The maximum absolute atomic E-state index is 5.93. The number of methoxy groups -OCH3 is 1. The normalized spacial score (nSPS) is 42.2. The average molecular weight is 240 g/mol. The van der Waals surface area contributed by atoms with Crippen LogP contribution in [0.15, 0.2) is 0 Å². The first-order valence-electron chi connectivity index (χ1n) is 6.97. The Bertz CT molecular complexity index is 256. The van der Waals surface area contributed by atoms with Crippen LogP contribution in [0.4, 0.5) is 0 Å². The predicted molar refractivity (Wildman–Crippen MR) is 66.2 cm³/mol. The first kappa shape index (κ1) is 11.9. The Morgan fingerprint density at radius 3 is 3.12 bits per heavy atom. The molecule has 2 saturated heterocycles. The minimum absolute atomic E-state index is 0.394. The lowest BCUT2D eigenvalue weighted by Gasteiger charge is -2.38. The molecule has 17 heavy (non-hydrogen) atoms. The summed E-state index contributed by atoms with van der Waals surface area (Å²) in [5.74, 6) is 0. The van der Waals surface area contributed by atoms with Gasteiger partial charge in [0, 0.05) is 32.3 Å². The Kier molecular flexibility index (Phi) is 3.66. The molecule has 0 spiro atoms. The zero-order valence-electron chi connectivity index (χ0n) is 10.7. The van der Waals surface area contributed by atoms with Gasteiger partial charge in [-0.2, -0.15) is 0 Å². The van der Waals surface area contributed by atoms with Crippen molar-refractivity contribution in [1.82, 2.24) is 10.2 Å². The van der Waals surface area contributed by atoms with E-state index in [4.69, 9.17) is 9.47 Å². The standard InChI is InChI=1S/C13H24N2O2/c1-16-12-5-10(6-12)14-7-13-8-15-4-2-3-11(15)9-17-13/h10-14H,2-9H2,1H3. The van der Waals surface area contributed by atoms with Crippen LogP contribution in [-0.2, 0) is 9.47 Å². The molecule has 3 rings (SSSR count). The first-order valence-corrected chi connectivity index (χ1v) is 6.97. The largest absolute Gasteiger partial charge is 0.381 e. The first-order chi connectivity index (χ1) is 8.35. The molecule has 3 fully saturated rings. The number of hydrogen-bond acceptors (Lipinski definition) is 4. The summed E-state index contributed by atoms with van der Waals surface area (Å²) in [6.07, 6.45) is 5.89. The Hall–Kier alpha value is -0.160. The molecule has 3 aliphatic rings. The summed E-state index contributed by atoms with van der Waals surface area (Å²) in [7, 11) is 1.80. The summed E-state index contributed by atoms with van der Waals surface area (Å²) in [6.45, 7) is 4.35. The highest BCUT2D eigenvalue weighted by Crippen LogP contribution is 2.24. The van der Waals surface area contributed by atoms with Crippen LogP contribution in [0, 0.1) is 0 Å². The monoisotopic (exact) mass is 240 g/mol. The zero-order chi connectivity index (χ0) is 11.7. The highest BCUT2D eigenvalue weighted by molar-refractivity contribution is 4.89. The highest BCUT2D eigenvalue weighted by atomic mass is 16.5. The minimum atomic E-state index is 0.394. The third-order valence-electron chi connectivity index (χ3n) is 4.52. The maximum Gasteiger partial charge on any atom is 0.0827 e. The van der Waals surface area contributed by atoms with Crippen LogP contribution in [0.2, 0.25) is 0 Å². The number of morpholine rings is 1. The Morgan fingerprint density at radius 2 is 2.29 bits per heavy atom. The minimum Gasteiger partial charge on any atom is -0.381 e. The van der Waals surface area contributed by atoms with E-state index in [1.807, 2.05) is 0 Å². The molecular formula is C13H24N2O2. The van der Waals surface area contributed by atoms with Gasteiger partial charge in [0.15, 0.2) is 0 Å². The summed E-state index contributed by atoms with van der Waals surface area (Å²) >= 11 is 0. The van der Waals surface area contributed by atoms with E-state index in [-0.39, 0.29) is 0 Å². The van der Waals surface area contributed by atoms with Gasteiger partial charge in [0.1, 0.15) is 0 Å². The van der Waals surface area contributed by atoms with Crippen molar-refractivity contribution in [2.24, 2.45) is 0 Å². The van der Waals surface area contributed by atoms with E-state index in [0.717, 1.165) is 32.5 Å². The zero-order valence-corrected chi connectivity index (χ0v) is 10.7. The van der Waals surface area contributed by atoms with Crippen LogP contribution < -0.4 is 5.32 Å². The molecule has 1 aliphatic carbocycles. The lowest BCUT2D eigenvalue weighted by atomic mass is 9.89. The van der Waals surface area contributed by atoms with Crippen molar-refractivity contribution in [3.8, 4) is 0 Å². The van der Waals surface area contributed by atoms with E-state index in [1.165, 1.54) is 19.4 Å². The van der Waals surface area contributed by atoms with Gasteiger partial charge in [-0.15, -0.1) is 0 Å². The van der Waals surface area contributed by atoms with Gasteiger partial charge in [0.05, 0.1) is 18.8 Å². The van der Waals surface area contributed by atoms with Gasteiger partial charge in [-0.1, -0.05) is 0 Å². The molecule has 0 amide bonds. The third kappa shape index (κ3) is 2.65. The molecule has 2 atom stereocenters. The number of nitrogens with one attached hydrogen (secondary N) is 1. The van der Waals surface area contributed by atoms with Crippen molar-refractivity contribution in [3.63, 3.8) is 0 Å². The maximum atomic E-state index is 5.93. The molecule has 2 aliphatic heterocycles. The molecule has 0 aromatic rings. The number of rotatable bonds is 4. The quantitative estimate of drug-likeness (QED) is 0.781. The fraction of sp³-hybridized carbons (Fsp3) is 1.00. The summed E-state index contributed by atoms with van der Waals surface area (Å²) in [4.78, 5) is 2.61. The molecule has 4 heteroatoms. The van der Waals surface area contributed by atoms with Gasteiger partial charge in [0.25, 0.3) is 0 Å². The molecule has 0 aromatic carbocycles. The van der Waals surface area contributed by atoms with E-state index in [1.54, 1.807) is 7.11 Å². The van der Waals surface area contributed by atoms with E-state index in [0.29, 0.717) is 24.3 Å². The molecule has 98 valence electrons. The van der Waals surface area contributed by atoms with E-state index < -0.39 is 0 Å². The van der Waals surface area contributed by atoms with E-state index in [9.17, 15) is 0 Å². The number of nitrogens with zero attached hydrogens (tertiary/aromatic N) is 1. The molecule has 0 radical (unpaired) electrons. The number of fused-ring (bicyclic) bond motifs is 1. The van der Waals surface area contributed by atoms with Gasteiger partial charge in [0.2, 0.25) is 0 Å². The van der Waals surface area contributed by atoms with Crippen molar-refractivity contribution in [2.75, 3.05) is 33.4 Å². The smallest absolute Gasteiger partial charge is 0.0827 e. The van der Waals surface area contributed by atoms with Crippen LogP contribution in [0.5, 0.6) is 0 Å². The summed E-state index contributed by atoms with van der Waals surface area (Å²) in [5, 5.41) is 3.60. The van der Waals surface area contributed by atoms with Gasteiger partial charge in [-0.25, -0.2) is 0 Å². The summed E-state index contributed by atoms with van der Waals surface area (Å²) in [5.41, 5.74) is 0. The van der Waals surface area contributed by atoms with Crippen LogP contribution >= 0.6 is 0 Å². The molecule has 1 N–H and O–H groups in total. The SMILES string of the molecule is COC1CC(NCC2CN3CCCC3CO2)C1. The van der Waals surface area contributed by atoms with Crippen molar-refractivity contribution in [2.45, 2.75) is 50.0 Å². The van der Waals surface area contributed by atoms with E-state index >= 15 is 0 Å². The van der Waals surface area contributed by atoms with Crippen LogP contribution in [0.1, 0.15) is 25.7 Å². The lowest BCUT2D eigenvalue weighted by molar-refractivity contribution is -0.0525. The molecule has 1 saturated carbocycles. The third-order valence-corrected chi connectivity index (χ3v) is 4.52. The van der Waals surface area contributed by atoms with Gasteiger partial charge in [-0.3, -0.25) is 4.90 Å². The van der Waals surface area contributed by atoms with Crippen molar-refractivity contribution >= 4 is 0 Å². The van der Waals surface area contributed by atoms with Crippen LogP contribution in [-0.4, -0.2) is 62.5 Å². The van der Waals surface area contributed by atoms with Crippen molar-refractivity contribution in [3.05, 3.63) is 0 Å². The average Bonchev–Trinajstić information content (AvgIpc) is 2.74. The number of hydrogen-bond donors (Lipinski definition) is 1. The van der Waals surface area contributed by atoms with Gasteiger partial charge in [-0.05, 0) is 32.2 Å². The van der Waals surface area contributed by atoms with Crippen LogP contribution in [0.3, 0.4) is 0 Å². The van der Waals surface area contributed by atoms with Crippen molar-refractivity contribution < 1.29 is 9.47 Å². The fourth-order valence-corrected chi connectivity index (χ4v) is 3.23. The summed E-state index contributed by atoms with van der Waals surface area (Å²) in [6, 6.07) is 1.37. The Morgan fingerprint density at radius 1 is 1.41 bits per heavy atom. The molecule has 0 bridgehead atoms. The second-order valence-corrected chi connectivity index (χ2v) is 5.68. The molecule has 0 aromatic heterocycles. The lowest BCUT2D eigenvalue weighted by Crippen LogP contribution is -2.53. The highest BCUT2D eigenvalue weighted by Gasteiger charge is 2.33. The molecule has 2 heterocycles. The second-order valence-electron chi connectivity index (χ2n) is 5.68. The van der Waals surface area contributed by atoms with E-state index in [2.05, 4.69) is 10.2 Å². The molecule has 4 nitrogen and oxygen atoms in total. The topological polar surface area (TPSA) is 33.7 Å². The Balaban J connectivity index is 1.36. The molecular weight excluding hydrogens is 216 g/mol. The second kappa shape index (κ2) is 5.22. The van der Waals surface area contributed by atoms with Crippen molar-refractivity contribution in [1.29, 1.82) is 0 Å². The van der Waals surface area contributed by atoms with Gasteiger partial charge < -0.3 is 14.8 Å². The summed E-state index contributed by atoms with van der Waals surface area (Å²) < 4.78 is 11.2. The molecule has 2 unspecified atom stereocenters. The fourth-order valence-electron chi connectivity index (χ4n) is 3.23. The van der Waals surface area contributed by atoms with Crippen LogP contribution in [0.25, 0.3) is 0 Å². The predicted octanol–water partition coefficient (Wildman–Crippen LogP) is 0.617. The Labute approximate surface area is 104 Å². The number of ether oxygens (including phenoxy) is 2.